The van der Waals surface area contributed by atoms with Gasteiger partial charge in [0.1, 0.15) is 11.7 Å². The SMILES string of the molecule is CC(C)CC(=O)[C@H](O)[C@H](Cc1c[nH]c2ccccc12)NC(=O)OC(C)(C)C. The van der Waals surface area contributed by atoms with Crippen LogP contribution in [0.5, 0.6) is 0 Å². The highest BCUT2D eigenvalue weighted by Gasteiger charge is 2.30. The van der Waals surface area contributed by atoms with Gasteiger partial charge in [-0.2, -0.15) is 0 Å². The lowest BCUT2D eigenvalue weighted by molar-refractivity contribution is -0.129. The van der Waals surface area contributed by atoms with Gasteiger partial charge >= 0.3 is 6.09 Å². The number of ketones is 1. The molecule has 0 bridgehead atoms. The van der Waals surface area contributed by atoms with Crippen molar-refractivity contribution >= 4 is 22.8 Å². The summed E-state index contributed by atoms with van der Waals surface area (Å²) < 4.78 is 5.31. The standard InChI is InChI=1S/C21H30N2O4/c1-13(2)10-18(24)19(25)17(23-20(26)27-21(3,4)5)11-14-12-22-16-9-7-6-8-15(14)16/h6-9,12-13,17,19,22,25H,10-11H2,1-5H3,(H,23,26)/t17-,19+/m0/s1. The van der Waals surface area contributed by atoms with E-state index in [1.54, 1.807) is 20.8 Å². The number of benzene rings is 1. The Labute approximate surface area is 160 Å². The Kier molecular flexibility index (Phi) is 6.65. The number of ether oxygens (including phenoxy) is 1. The summed E-state index contributed by atoms with van der Waals surface area (Å²) in [5.74, 6) is -0.159. The van der Waals surface area contributed by atoms with Crippen molar-refractivity contribution in [2.75, 3.05) is 0 Å². The lowest BCUT2D eigenvalue weighted by Crippen LogP contribution is -2.49. The van der Waals surface area contributed by atoms with Crippen LogP contribution >= 0.6 is 0 Å². The maximum atomic E-state index is 12.4. The highest BCUT2D eigenvalue weighted by molar-refractivity contribution is 5.86. The minimum atomic E-state index is -1.30. The molecule has 148 valence electrons. The second-order valence-electron chi connectivity index (χ2n) is 8.33. The van der Waals surface area contributed by atoms with Crippen LogP contribution in [-0.2, 0) is 16.0 Å². The number of hydrogen-bond acceptors (Lipinski definition) is 4. The molecule has 27 heavy (non-hydrogen) atoms. The van der Waals surface area contributed by atoms with E-state index in [-0.39, 0.29) is 18.1 Å². The molecule has 0 saturated carbocycles. The number of aliphatic hydroxyl groups excluding tert-OH is 1. The number of aromatic amines is 1. The molecule has 3 N–H and O–H groups in total. The van der Waals surface area contributed by atoms with E-state index >= 15 is 0 Å². The Morgan fingerprint density at radius 2 is 1.89 bits per heavy atom. The van der Waals surface area contributed by atoms with E-state index < -0.39 is 23.8 Å². The fourth-order valence-electron chi connectivity index (χ4n) is 2.99. The van der Waals surface area contributed by atoms with Gasteiger partial charge in [-0.25, -0.2) is 4.79 Å². The number of Topliss-reactive ketones (excluding diaryl/α,β-unsaturated/α-hetero) is 1. The Hall–Kier alpha value is -2.34. The molecule has 0 aliphatic rings. The van der Waals surface area contributed by atoms with Crippen LogP contribution in [0.25, 0.3) is 10.9 Å². The molecule has 0 fully saturated rings. The van der Waals surface area contributed by atoms with E-state index in [4.69, 9.17) is 4.74 Å². The quantitative estimate of drug-likeness (QED) is 0.691. The number of fused-ring (bicyclic) bond motifs is 1. The lowest BCUT2D eigenvalue weighted by Gasteiger charge is -2.26. The third-order valence-electron chi connectivity index (χ3n) is 4.14. The summed E-state index contributed by atoms with van der Waals surface area (Å²) >= 11 is 0. The molecule has 1 aromatic carbocycles. The van der Waals surface area contributed by atoms with Gasteiger partial charge in [0.25, 0.3) is 0 Å². The van der Waals surface area contributed by atoms with Gasteiger partial charge in [-0.05, 0) is 44.7 Å². The van der Waals surface area contributed by atoms with Crippen LogP contribution < -0.4 is 5.32 Å². The number of nitrogens with one attached hydrogen (secondary N) is 2. The van der Waals surface area contributed by atoms with Gasteiger partial charge in [0.05, 0.1) is 6.04 Å². The van der Waals surface area contributed by atoms with Gasteiger partial charge in [0.15, 0.2) is 5.78 Å². The van der Waals surface area contributed by atoms with Gasteiger partial charge in [-0.15, -0.1) is 0 Å². The largest absolute Gasteiger partial charge is 0.444 e. The van der Waals surface area contributed by atoms with Crippen LogP contribution in [0.4, 0.5) is 4.79 Å². The summed E-state index contributed by atoms with van der Waals surface area (Å²) in [7, 11) is 0. The molecule has 2 rings (SSSR count). The molecule has 0 saturated heterocycles. The topological polar surface area (TPSA) is 91.4 Å². The maximum Gasteiger partial charge on any atom is 0.407 e. The number of aliphatic hydroxyl groups is 1. The first kappa shape index (κ1) is 21.0. The maximum absolute atomic E-state index is 12.4. The number of H-pyrrole nitrogens is 1. The molecular formula is C21H30N2O4. The number of alkyl carbamates (subject to hydrolysis) is 1. The molecule has 6 heteroatoms. The van der Waals surface area contributed by atoms with E-state index in [0.29, 0.717) is 6.42 Å². The van der Waals surface area contributed by atoms with E-state index in [9.17, 15) is 14.7 Å². The first-order valence-electron chi connectivity index (χ1n) is 9.32. The lowest BCUT2D eigenvalue weighted by atomic mass is 9.94. The zero-order valence-corrected chi connectivity index (χ0v) is 16.7. The smallest absolute Gasteiger partial charge is 0.407 e. The Bertz CT molecular complexity index is 789. The summed E-state index contributed by atoms with van der Waals surface area (Å²) in [6, 6.07) is 7.00. The number of hydrogen-bond donors (Lipinski definition) is 3. The number of carbonyl (C=O) groups is 2. The number of rotatable bonds is 7. The van der Waals surface area contributed by atoms with Crippen LogP contribution in [-0.4, -0.2) is 39.7 Å². The zero-order chi connectivity index (χ0) is 20.2. The highest BCUT2D eigenvalue weighted by Crippen LogP contribution is 2.21. The fourth-order valence-corrected chi connectivity index (χ4v) is 2.99. The van der Waals surface area contributed by atoms with Gasteiger partial charge < -0.3 is 20.1 Å². The molecule has 0 radical (unpaired) electrons. The van der Waals surface area contributed by atoms with E-state index in [2.05, 4.69) is 10.3 Å². The molecule has 1 heterocycles. The van der Waals surface area contributed by atoms with E-state index in [0.717, 1.165) is 16.5 Å². The predicted molar refractivity (Wildman–Crippen MR) is 106 cm³/mol. The third-order valence-corrected chi connectivity index (χ3v) is 4.14. The number of para-hydroxylation sites is 1. The fraction of sp³-hybridized carbons (Fsp3) is 0.524. The number of carbonyl (C=O) groups excluding carboxylic acids is 2. The molecule has 0 spiro atoms. The van der Waals surface area contributed by atoms with Crippen molar-refractivity contribution < 1.29 is 19.4 Å². The predicted octanol–water partition coefficient (Wildman–Crippen LogP) is 3.58. The van der Waals surface area contributed by atoms with Crippen molar-refractivity contribution in [1.82, 2.24) is 10.3 Å². The van der Waals surface area contributed by atoms with Crippen molar-refractivity contribution in [3.05, 3.63) is 36.0 Å². The summed E-state index contributed by atoms with van der Waals surface area (Å²) in [6.07, 6.45) is 0.460. The Balaban J connectivity index is 2.22. The van der Waals surface area contributed by atoms with Crippen molar-refractivity contribution in [2.45, 2.75) is 65.2 Å². The highest BCUT2D eigenvalue weighted by atomic mass is 16.6. The minimum absolute atomic E-state index is 0.127. The van der Waals surface area contributed by atoms with Gasteiger partial charge in [-0.1, -0.05) is 32.0 Å². The third kappa shape index (κ3) is 6.10. The average molecular weight is 374 g/mol. The van der Waals surface area contributed by atoms with Crippen LogP contribution in [0, 0.1) is 5.92 Å². The van der Waals surface area contributed by atoms with Crippen molar-refractivity contribution in [2.24, 2.45) is 5.92 Å². The summed E-state index contributed by atoms with van der Waals surface area (Å²) in [6.45, 7) is 9.13. The van der Waals surface area contributed by atoms with E-state index in [1.807, 2.05) is 44.3 Å². The minimum Gasteiger partial charge on any atom is -0.444 e. The summed E-state index contributed by atoms with van der Waals surface area (Å²) in [4.78, 5) is 27.8. The molecule has 1 amide bonds. The molecule has 1 aromatic heterocycles. The van der Waals surface area contributed by atoms with E-state index in [1.165, 1.54) is 0 Å². The molecule has 2 atom stereocenters. The monoisotopic (exact) mass is 374 g/mol. The molecular weight excluding hydrogens is 344 g/mol. The van der Waals surface area contributed by atoms with Gasteiger partial charge in [-0.3, -0.25) is 4.79 Å². The molecule has 0 unspecified atom stereocenters. The second kappa shape index (κ2) is 8.57. The zero-order valence-electron chi connectivity index (χ0n) is 16.7. The van der Waals surface area contributed by atoms with Crippen LogP contribution in [0.3, 0.4) is 0 Å². The van der Waals surface area contributed by atoms with Crippen molar-refractivity contribution in [3.8, 4) is 0 Å². The molecule has 6 nitrogen and oxygen atoms in total. The van der Waals surface area contributed by atoms with Gasteiger partial charge in [0.2, 0.25) is 0 Å². The first-order valence-corrected chi connectivity index (χ1v) is 9.32. The first-order chi connectivity index (χ1) is 12.6. The van der Waals surface area contributed by atoms with Crippen LogP contribution in [0.2, 0.25) is 0 Å². The molecule has 0 aliphatic heterocycles. The van der Waals surface area contributed by atoms with Gasteiger partial charge in [0, 0.05) is 23.5 Å². The molecule has 0 aliphatic carbocycles. The summed E-state index contributed by atoms with van der Waals surface area (Å²) in [5, 5.41) is 14.3. The normalized spacial score (nSPS) is 14.2. The second-order valence-corrected chi connectivity index (χ2v) is 8.33. The molecule has 2 aromatic rings. The Morgan fingerprint density at radius 3 is 2.52 bits per heavy atom. The summed E-state index contributed by atoms with van der Waals surface area (Å²) in [5.41, 5.74) is 1.22. The van der Waals surface area contributed by atoms with Crippen molar-refractivity contribution in [1.29, 1.82) is 0 Å². The van der Waals surface area contributed by atoms with Crippen molar-refractivity contribution in [3.63, 3.8) is 0 Å². The number of aromatic nitrogens is 1. The Morgan fingerprint density at radius 1 is 1.22 bits per heavy atom. The average Bonchev–Trinajstić information content (AvgIpc) is 2.94. The van der Waals surface area contributed by atoms with Crippen LogP contribution in [0.15, 0.2) is 30.5 Å². The van der Waals surface area contributed by atoms with Crippen LogP contribution in [0.1, 0.15) is 46.6 Å². The number of amides is 1.